The van der Waals surface area contributed by atoms with Crippen LogP contribution in [-0.4, -0.2) is 70.5 Å². The molecule has 0 aliphatic carbocycles. The lowest BCUT2D eigenvalue weighted by molar-refractivity contribution is -0.192. The van der Waals surface area contributed by atoms with Crippen LogP contribution in [0, 0.1) is 5.82 Å². The predicted octanol–water partition coefficient (Wildman–Crippen LogP) is 2.62. The van der Waals surface area contributed by atoms with E-state index in [-0.39, 0.29) is 35.4 Å². The number of halogens is 4. The van der Waals surface area contributed by atoms with Crippen molar-refractivity contribution in [3.63, 3.8) is 0 Å². The summed E-state index contributed by atoms with van der Waals surface area (Å²) in [5, 5.41) is 13.1. The average molecular weight is 436 g/mol. The number of hydrogen-bond acceptors (Lipinski definition) is 5. The molecule has 0 radical (unpaired) electrons. The standard InChI is InChI=1S/C16H23FN4O2.C2HF3O2/c1-11(2)19-15(22)21-7-5-16(10-21)8-12(9-23-16)20-14-13(17)4-3-6-18-14;3-2(4,5)1(6)7/h3-4,6,11-12H,5,7-10H2,1-2H3,(H,18,20)(H,19,22);(H,6,7). The van der Waals surface area contributed by atoms with E-state index < -0.39 is 12.1 Å². The van der Waals surface area contributed by atoms with Crippen molar-refractivity contribution in [1.82, 2.24) is 15.2 Å². The maximum absolute atomic E-state index is 13.7. The van der Waals surface area contributed by atoms with Gasteiger partial charge in [0.2, 0.25) is 0 Å². The van der Waals surface area contributed by atoms with Gasteiger partial charge in [-0.3, -0.25) is 0 Å². The second-order valence-corrected chi connectivity index (χ2v) is 7.45. The Morgan fingerprint density at radius 2 is 2.07 bits per heavy atom. The first-order valence-electron chi connectivity index (χ1n) is 9.28. The van der Waals surface area contributed by atoms with E-state index in [1.807, 2.05) is 13.8 Å². The molecular formula is C18H24F4N4O4. The van der Waals surface area contributed by atoms with Crippen molar-refractivity contribution >= 4 is 17.8 Å². The smallest absolute Gasteiger partial charge is 0.475 e. The zero-order chi connectivity index (χ0) is 22.5. The summed E-state index contributed by atoms with van der Waals surface area (Å²) in [5.74, 6) is -2.86. The normalized spacial score (nSPS) is 23.3. The molecule has 0 bridgehead atoms. The van der Waals surface area contributed by atoms with Gasteiger partial charge in [0.1, 0.15) is 0 Å². The van der Waals surface area contributed by atoms with Gasteiger partial charge in [-0.1, -0.05) is 0 Å². The van der Waals surface area contributed by atoms with E-state index in [0.717, 1.165) is 12.8 Å². The molecule has 12 heteroatoms. The summed E-state index contributed by atoms with van der Waals surface area (Å²) < 4.78 is 51.4. The molecule has 2 fully saturated rings. The van der Waals surface area contributed by atoms with Gasteiger partial charge >= 0.3 is 18.2 Å². The number of rotatable bonds is 3. The van der Waals surface area contributed by atoms with E-state index in [9.17, 15) is 22.4 Å². The molecule has 2 atom stereocenters. The molecule has 3 N–H and O–H groups in total. The van der Waals surface area contributed by atoms with Gasteiger partial charge in [-0.15, -0.1) is 0 Å². The molecule has 2 aliphatic rings. The molecule has 1 aromatic rings. The molecule has 2 unspecified atom stereocenters. The highest BCUT2D eigenvalue weighted by atomic mass is 19.4. The van der Waals surface area contributed by atoms with E-state index in [2.05, 4.69) is 15.6 Å². The van der Waals surface area contributed by atoms with Crippen LogP contribution in [0.1, 0.15) is 26.7 Å². The van der Waals surface area contributed by atoms with Crippen LogP contribution < -0.4 is 10.6 Å². The van der Waals surface area contributed by atoms with Crippen molar-refractivity contribution in [3.8, 4) is 0 Å². The van der Waals surface area contributed by atoms with Gasteiger partial charge < -0.3 is 25.4 Å². The van der Waals surface area contributed by atoms with E-state index in [4.69, 9.17) is 14.6 Å². The van der Waals surface area contributed by atoms with Crippen molar-refractivity contribution in [1.29, 1.82) is 0 Å². The maximum atomic E-state index is 13.7. The minimum Gasteiger partial charge on any atom is -0.475 e. The number of nitrogens with one attached hydrogen (secondary N) is 2. The second kappa shape index (κ2) is 9.45. The Morgan fingerprint density at radius 3 is 2.63 bits per heavy atom. The largest absolute Gasteiger partial charge is 0.490 e. The number of alkyl halides is 3. The number of aliphatic carboxylic acids is 1. The van der Waals surface area contributed by atoms with Crippen molar-refractivity contribution < 1.29 is 37.0 Å². The van der Waals surface area contributed by atoms with E-state index in [1.54, 1.807) is 17.2 Å². The van der Waals surface area contributed by atoms with Crippen LogP contribution in [0.4, 0.5) is 28.2 Å². The molecule has 2 aliphatic heterocycles. The summed E-state index contributed by atoms with van der Waals surface area (Å²) in [4.78, 5) is 26.8. The molecule has 2 saturated heterocycles. The van der Waals surface area contributed by atoms with Crippen LogP contribution in [0.2, 0.25) is 0 Å². The second-order valence-electron chi connectivity index (χ2n) is 7.45. The highest BCUT2D eigenvalue weighted by Gasteiger charge is 2.47. The van der Waals surface area contributed by atoms with Gasteiger partial charge in [-0.25, -0.2) is 19.0 Å². The molecule has 3 rings (SSSR count). The molecule has 8 nitrogen and oxygen atoms in total. The quantitative estimate of drug-likeness (QED) is 0.630. The third-order valence-corrected chi connectivity index (χ3v) is 4.57. The first kappa shape index (κ1) is 23.6. The number of aromatic nitrogens is 1. The first-order chi connectivity index (χ1) is 13.9. The third-order valence-electron chi connectivity index (χ3n) is 4.57. The Kier molecular flexibility index (Phi) is 7.45. The number of carboxylic acid groups (broad SMARTS) is 1. The van der Waals surface area contributed by atoms with Gasteiger partial charge in [-0.2, -0.15) is 13.2 Å². The van der Waals surface area contributed by atoms with Gasteiger partial charge in [0, 0.05) is 25.2 Å². The lowest BCUT2D eigenvalue weighted by atomic mass is 9.97. The van der Waals surface area contributed by atoms with Crippen LogP contribution >= 0.6 is 0 Å². The molecule has 1 spiro atoms. The van der Waals surface area contributed by atoms with E-state index >= 15 is 0 Å². The van der Waals surface area contributed by atoms with Gasteiger partial charge in [0.25, 0.3) is 0 Å². The molecular weight excluding hydrogens is 412 g/mol. The number of anilines is 1. The van der Waals surface area contributed by atoms with Crippen LogP contribution in [0.15, 0.2) is 18.3 Å². The fraction of sp³-hybridized carbons (Fsp3) is 0.611. The van der Waals surface area contributed by atoms with E-state index in [0.29, 0.717) is 19.7 Å². The van der Waals surface area contributed by atoms with Crippen molar-refractivity contribution in [2.24, 2.45) is 0 Å². The fourth-order valence-electron chi connectivity index (χ4n) is 3.26. The van der Waals surface area contributed by atoms with Crippen molar-refractivity contribution in [2.75, 3.05) is 25.0 Å². The Labute approximate surface area is 170 Å². The Balaban J connectivity index is 0.000000396. The minimum atomic E-state index is -5.08. The monoisotopic (exact) mass is 436 g/mol. The Morgan fingerprint density at radius 1 is 1.40 bits per heavy atom. The zero-order valence-corrected chi connectivity index (χ0v) is 16.5. The number of carbonyl (C=O) groups is 2. The molecule has 2 amide bonds. The molecule has 0 saturated carbocycles. The number of likely N-dealkylation sites (tertiary alicyclic amines) is 1. The van der Waals surface area contributed by atoms with Crippen LogP contribution in [0.5, 0.6) is 0 Å². The summed E-state index contributed by atoms with van der Waals surface area (Å²) in [7, 11) is 0. The number of hydrogen-bond donors (Lipinski definition) is 3. The van der Waals surface area contributed by atoms with Crippen LogP contribution in [-0.2, 0) is 9.53 Å². The maximum Gasteiger partial charge on any atom is 0.490 e. The highest BCUT2D eigenvalue weighted by molar-refractivity contribution is 5.75. The molecule has 30 heavy (non-hydrogen) atoms. The number of amides is 2. The number of urea groups is 1. The highest BCUT2D eigenvalue weighted by Crippen LogP contribution is 2.36. The fourth-order valence-corrected chi connectivity index (χ4v) is 3.26. The summed E-state index contributed by atoms with van der Waals surface area (Å²) in [6.45, 7) is 5.64. The zero-order valence-electron chi connectivity index (χ0n) is 16.5. The third kappa shape index (κ3) is 6.44. The van der Waals surface area contributed by atoms with Crippen molar-refractivity contribution in [3.05, 3.63) is 24.1 Å². The number of ether oxygens (including phenoxy) is 1. The minimum absolute atomic E-state index is 0.00695. The topological polar surface area (TPSA) is 104 Å². The Bertz CT molecular complexity index is 762. The van der Waals surface area contributed by atoms with Crippen LogP contribution in [0.25, 0.3) is 0 Å². The van der Waals surface area contributed by atoms with Gasteiger partial charge in [0.05, 0.1) is 24.8 Å². The van der Waals surface area contributed by atoms with E-state index in [1.165, 1.54) is 6.07 Å². The number of carboxylic acids is 1. The summed E-state index contributed by atoms with van der Waals surface area (Å²) >= 11 is 0. The summed E-state index contributed by atoms with van der Waals surface area (Å²) in [6.07, 6.45) is -1.97. The molecule has 0 aromatic carbocycles. The number of carbonyl (C=O) groups excluding carboxylic acids is 1. The van der Waals surface area contributed by atoms with Crippen LogP contribution in [0.3, 0.4) is 0 Å². The average Bonchev–Trinajstić information content (AvgIpc) is 3.23. The van der Waals surface area contributed by atoms with Crippen molar-refractivity contribution in [2.45, 2.75) is 50.6 Å². The Hall–Kier alpha value is -2.63. The molecule has 1 aromatic heterocycles. The number of nitrogens with zero attached hydrogens (tertiary/aromatic N) is 2. The number of pyridine rings is 1. The van der Waals surface area contributed by atoms with Gasteiger partial charge in [-0.05, 0) is 32.4 Å². The summed E-state index contributed by atoms with van der Waals surface area (Å²) in [6, 6.07) is 3.02. The lowest BCUT2D eigenvalue weighted by Gasteiger charge is -2.24. The molecule has 3 heterocycles. The molecule has 168 valence electrons. The lowest BCUT2D eigenvalue weighted by Crippen LogP contribution is -2.44. The SMILES string of the molecule is CC(C)NC(=O)N1CCC2(CC(Nc3ncccc3F)CO2)C1.O=C(O)C(F)(F)F. The first-order valence-corrected chi connectivity index (χ1v) is 9.28. The predicted molar refractivity (Wildman–Crippen MR) is 98.5 cm³/mol. The summed E-state index contributed by atoms with van der Waals surface area (Å²) in [5.41, 5.74) is -0.322. The van der Waals surface area contributed by atoms with Gasteiger partial charge in [0.15, 0.2) is 11.6 Å².